The Morgan fingerprint density at radius 2 is 1.09 bits per heavy atom. The Labute approximate surface area is 266 Å². The second kappa shape index (κ2) is 13.2. The molecule has 1 aliphatic rings. The van der Waals surface area contributed by atoms with E-state index >= 15 is 0 Å². The van der Waals surface area contributed by atoms with Crippen molar-refractivity contribution in [2.24, 2.45) is 5.10 Å². The van der Waals surface area contributed by atoms with Gasteiger partial charge in [0.2, 0.25) is 11.4 Å². The molecule has 0 aliphatic carbocycles. The fourth-order valence-electron chi connectivity index (χ4n) is 6.34. The van der Waals surface area contributed by atoms with Gasteiger partial charge in [-0.15, -0.1) is 0 Å². The van der Waals surface area contributed by atoms with E-state index in [-0.39, 0.29) is 6.04 Å². The summed E-state index contributed by atoms with van der Waals surface area (Å²) in [6.45, 7) is 3.23. The fraction of sp³-hybridized carbons (Fsp3) is 0.143. The topological polar surface area (TPSA) is 19.5 Å². The van der Waals surface area contributed by atoms with Crippen LogP contribution in [0.15, 0.2) is 163 Å². The number of aromatic nitrogens is 1. The van der Waals surface area contributed by atoms with E-state index in [2.05, 4.69) is 174 Å². The minimum absolute atomic E-state index is 0.149. The molecule has 0 fully saturated rings. The summed E-state index contributed by atoms with van der Waals surface area (Å²) in [6, 6.07) is 56.7. The molecule has 1 atom stereocenters. The smallest absolute Gasteiger partial charge is 0.213 e. The van der Waals surface area contributed by atoms with E-state index in [0.29, 0.717) is 0 Å². The number of benzene rings is 5. The second-order valence-electron chi connectivity index (χ2n) is 11.7. The molecule has 0 bridgehead atoms. The van der Waals surface area contributed by atoms with Gasteiger partial charge in [-0.3, -0.25) is 5.01 Å². The molecule has 1 aliphatic heterocycles. The maximum Gasteiger partial charge on any atom is 0.213 e. The minimum atomic E-state index is 0.149. The second-order valence-corrected chi connectivity index (χ2v) is 11.7. The van der Waals surface area contributed by atoms with Crippen molar-refractivity contribution in [1.29, 1.82) is 0 Å². The van der Waals surface area contributed by atoms with Crippen LogP contribution in [0.3, 0.4) is 0 Å². The summed E-state index contributed by atoms with van der Waals surface area (Å²) in [6.07, 6.45) is 3.14. The normalized spacial score (nSPS) is 14.4. The molecule has 45 heavy (non-hydrogen) atoms. The highest BCUT2D eigenvalue weighted by Crippen LogP contribution is 2.38. The maximum atomic E-state index is 5.18. The highest BCUT2D eigenvalue weighted by atomic mass is 15.5. The lowest BCUT2D eigenvalue weighted by Gasteiger charge is -2.24. The highest BCUT2D eigenvalue weighted by molar-refractivity contribution is 6.03. The van der Waals surface area contributed by atoms with Crippen molar-refractivity contribution in [2.75, 3.05) is 5.01 Å². The molecule has 6 aromatic rings. The highest BCUT2D eigenvalue weighted by Gasteiger charge is 2.30. The molecule has 0 spiro atoms. The van der Waals surface area contributed by atoms with Gasteiger partial charge < -0.3 is 0 Å². The first-order valence-corrected chi connectivity index (χ1v) is 16.0. The molecular weight excluding hydrogens is 546 g/mol. The summed E-state index contributed by atoms with van der Waals surface area (Å²) in [5, 5.41) is 7.39. The van der Waals surface area contributed by atoms with Crippen LogP contribution in [0.5, 0.6) is 0 Å². The molecule has 7 rings (SSSR count). The average Bonchev–Trinajstić information content (AvgIpc) is 3.58. The predicted octanol–water partition coefficient (Wildman–Crippen LogP) is 10.1. The fourth-order valence-corrected chi connectivity index (χ4v) is 6.34. The van der Waals surface area contributed by atoms with Crippen LogP contribution in [0.25, 0.3) is 33.6 Å². The standard InChI is InChI=1S/C42H38N3/c1-2-3-28-44-40(34-18-10-5-11-19-34)29-37(30-41(44)35-20-12-6-13-21-35)32-24-26-38(27-25-32)45-42(36-22-14-7-15-23-36)31-39(43-45)33-16-8-4-9-17-33/h4-27,29-30,42H,2-3,28,31H2,1H3/q+1/t42-/m1/s1. The maximum absolute atomic E-state index is 5.18. The van der Waals surface area contributed by atoms with Crippen LogP contribution < -0.4 is 9.58 Å². The number of hydrogen-bond acceptors (Lipinski definition) is 2. The van der Waals surface area contributed by atoms with Crippen LogP contribution in [-0.2, 0) is 6.54 Å². The Kier molecular flexibility index (Phi) is 8.33. The van der Waals surface area contributed by atoms with Crippen molar-refractivity contribution in [1.82, 2.24) is 0 Å². The molecule has 0 amide bonds. The lowest BCUT2D eigenvalue weighted by Crippen LogP contribution is -2.39. The molecule has 0 saturated heterocycles. The van der Waals surface area contributed by atoms with Gasteiger partial charge in [0.25, 0.3) is 0 Å². The summed E-state index contributed by atoms with van der Waals surface area (Å²) in [7, 11) is 0. The van der Waals surface area contributed by atoms with Crippen LogP contribution in [0.4, 0.5) is 5.69 Å². The van der Waals surface area contributed by atoms with E-state index in [0.717, 1.165) is 37.2 Å². The molecule has 0 saturated carbocycles. The van der Waals surface area contributed by atoms with E-state index in [4.69, 9.17) is 5.10 Å². The van der Waals surface area contributed by atoms with E-state index in [1.54, 1.807) is 0 Å². The number of hydrazone groups is 1. The largest absolute Gasteiger partial charge is 0.257 e. The number of anilines is 1. The van der Waals surface area contributed by atoms with E-state index in [1.165, 1.54) is 44.8 Å². The van der Waals surface area contributed by atoms with E-state index in [1.807, 2.05) is 0 Å². The van der Waals surface area contributed by atoms with Gasteiger partial charge in [0.1, 0.15) is 6.54 Å². The summed E-state index contributed by atoms with van der Waals surface area (Å²) < 4.78 is 2.50. The van der Waals surface area contributed by atoms with Gasteiger partial charge in [0.05, 0.1) is 17.4 Å². The van der Waals surface area contributed by atoms with Crippen LogP contribution in [-0.4, -0.2) is 5.71 Å². The quantitative estimate of drug-likeness (QED) is 0.155. The predicted molar refractivity (Wildman–Crippen MR) is 187 cm³/mol. The molecule has 1 aromatic heterocycles. The lowest BCUT2D eigenvalue weighted by molar-refractivity contribution is -0.675. The zero-order chi connectivity index (χ0) is 30.4. The number of rotatable bonds is 9. The van der Waals surface area contributed by atoms with Gasteiger partial charge in [-0.25, -0.2) is 0 Å². The third kappa shape index (κ3) is 6.07. The van der Waals surface area contributed by atoms with Crippen molar-refractivity contribution in [3.05, 3.63) is 169 Å². The molecular formula is C42H38N3+. The van der Waals surface area contributed by atoms with Crippen molar-refractivity contribution in [3.8, 4) is 33.6 Å². The first-order chi connectivity index (χ1) is 22.3. The van der Waals surface area contributed by atoms with Gasteiger partial charge in [-0.2, -0.15) is 9.67 Å². The number of pyridine rings is 1. The molecule has 0 unspecified atom stereocenters. The summed E-state index contributed by atoms with van der Waals surface area (Å²) in [5.41, 5.74) is 12.0. The Hall–Kier alpha value is -5.28. The minimum Gasteiger partial charge on any atom is -0.257 e. The Bertz CT molecular complexity index is 1820. The molecule has 2 heterocycles. The van der Waals surface area contributed by atoms with E-state index < -0.39 is 0 Å². The first-order valence-electron chi connectivity index (χ1n) is 16.0. The third-order valence-corrected chi connectivity index (χ3v) is 8.71. The van der Waals surface area contributed by atoms with Crippen molar-refractivity contribution in [3.63, 3.8) is 0 Å². The Morgan fingerprint density at radius 1 is 0.578 bits per heavy atom. The van der Waals surface area contributed by atoms with Crippen molar-refractivity contribution >= 4 is 11.4 Å². The Balaban J connectivity index is 1.31. The van der Waals surface area contributed by atoms with Gasteiger partial charge >= 0.3 is 0 Å². The first kappa shape index (κ1) is 28.5. The summed E-state index contributed by atoms with van der Waals surface area (Å²) >= 11 is 0. The van der Waals surface area contributed by atoms with Crippen LogP contribution >= 0.6 is 0 Å². The molecule has 3 nitrogen and oxygen atoms in total. The van der Waals surface area contributed by atoms with Gasteiger partial charge in [0.15, 0.2) is 0 Å². The average molecular weight is 585 g/mol. The van der Waals surface area contributed by atoms with Crippen LogP contribution in [0.1, 0.15) is 43.4 Å². The zero-order valence-electron chi connectivity index (χ0n) is 25.8. The summed E-state index contributed by atoms with van der Waals surface area (Å²) in [5.74, 6) is 0. The van der Waals surface area contributed by atoms with Crippen molar-refractivity contribution < 1.29 is 4.57 Å². The summed E-state index contributed by atoms with van der Waals surface area (Å²) in [4.78, 5) is 0. The number of nitrogens with zero attached hydrogens (tertiary/aromatic N) is 3. The lowest BCUT2D eigenvalue weighted by atomic mass is 9.97. The van der Waals surface area contributed by atoms with Gasteiger partial charge in [-0.1, -0.05) is 123 Å². The van der Waals surface area contributed by atoms with Gasteiger partial charge in [-0.05, 0) is 58.7 Å². The van der Waals surface area contributed by atoms with Crippen molar-refractivity contribution in [2.45, 2.75) is 38.8 Å². The molecule has 0 radical (unpaired) electrons. The van der Waals surface area contributed by atoms with Gasteiger partial charge in [0, 0.05) is 36.1 Å². The molecule has 5 aromatic carbocycles. The number of unbranched alkanes of at least 4 members (excludes halogenated alkanes) is 1. The zero-order valence-corrected chi connectivity index (χ0v) is 25.8. The van der Waals surface area contributed by atoms with Crippen LogP contribution in [0.2, 0.25) is 0 Å². The van der Waals surface area contributed by atoms with Crippen LogP contribution in [0, 0.1) is 0 Å². The monoisotopic (exact) mass is 584 g/mol. The molecule has 0 N–H and O–H groups in total. The Morgan fingerprint density at radius 3 is 1.62 bits per heavy atom. The molecule has 220 valence electrons. The number of hydrogen-bond donors (Lipinski definition) is 0. The molecule has 3 heteroatoms. The van der Waals surface area contributed by atoms with E-state index in [9.17, 15) is 0 Å². The SMILES string of the molecule is CCCC[n+]1c(-c2ccccc2)cc(-c2ccc(N3N=C(c4ccccc4)C[C@@H]3c3ccccc3)cc2)cc1-c1ccccc1. The third-order valence-electron chi connectivity index (χ3n) is 8.71.